The summed E-state index contributed by atoms with van der Waals surface area (Å²) in [5, 5.41) is 31.4. The average molecular weight is 308 g/mol. The van der Waals surface area contributed by atoms with Crippen molar-refractivity contribution in [2.24, 2.45) is 34.5 Å². The summed E-state index contributed by atoms with van der Waals surface area (Å²) < 4.78 is 0. The molecule has 22 heavy (non-hydrogen) atoms. The second-order valence-electron chi connectivity index (χ2n) is 9.36. The molecule has 126 valence electrons. The summed E-state index contributed by atoms with van der Waals surface area (Å²) in [6, 6.07) is 0. The number of aliphatic hydroxyl groups is 3. The average Bonchev–Trinajstić information content (AvgIpc) is 2.77. The van der Waals surface area contributed by atoms with Crippen molar-refractivity contribution in [3.8, 4) is 0 Å². The normalized spacial score (nSPS) is 61.2. The maximum Gasteiger partial charge on any atom is 0.0596 e. The number of aliphatic hydroxyl groups excluding tert-OH is 3. The third kappa shape index (κ3) is 1.91. The zero-order valence-corrected chi connectivity index (χ0v) is 14.0. The summed E-state index contributed by atoms with van der Waals surface area (Å²) >= 11 is 0. The predicted octanol–water partition coefficient (Wildman–Crippen LogP) is 2.72. The van der Waals surface area contributed by atoms with Crippen LogP contribution in [0, 0.1) is 34.5 Å². The topological polar surface area (TPSA) is 60.7 Å². The van der Waals surface area contributed by atoms with E-state index in [0.717, 1.165) is 44.9 Å². The molecule has 0 bridgehead atoms. The van der Waals surface area contributed by atoms with E-state index in [1.165, 1.54) is 6.42 Å². The summed E-state index contributed by atoms with van der Waals surface area (Å²) in [5.74, 6) is 2.10. The molecule has 0 aromatic rings. The molecule has 3 nitrogen and oxygen atoms in total. The molecule has 0 amide bonds. The van der Waals surface area contributed by atoms with Gasteiger partial charge in [-0.05, 0) is 85.9 Å². The fourth-order valence-corrected chi connectivity index (χ4v) is 7.25. The van der Waals surface area contributed by atoms with Crippen LogP contribution in [0.25, 0.3) is 0 Å². The molecule has 3 heteroatoms. The summed E-state index contributed by atoms with van der Waals surface area (Å²) in [4.78, 5) is 0. The second kappa shape index (κ2) is 4.94. The SMILES string of the molecule is CC12CCC3C(CC(O)C4CC(O)CCC43C)C1CCC2O. The van der Waals surface area contributed by atoms with Gasteiger partial charge in [-0.25, -0.2) is 0 Å². The molecule has 0 aromatic carbocycles. The summed E-state index contributed by atoms with van der Waals surface area (Å²) in [6.45, 7) is 4.68. The van der Waals surface area contributed by atoms with Gasteiger partial charge in [0.2, 0.25) is 0 Å². The fourth-order valence-electron chi connectivity index (χ4n) is 7.25. The molecule has 4 fully saturated rings. The Morgan fingerprint density at radius 3 is 2.18 bits per heavy atom. The lowest BCUT2D eigenvalue weighted by Gasteiger charge is -2.61. The maximum absolute atomic E-state index is 10.8. The van der Waals surface area contributed by atoms with Gasteiger partial charge in [-0.15, -0.1) is 0 Å². The summed E-state index contributed by atoms with van der Waals surface area (Å²) in [5.41, 5.74) is 0.273. The molecule has 3 N–H and O–H groups in total. The van der Waals surface area contributed by atoms with Crippen LogP contribution in [0.15, 0.2) is 0 Å². The van der Waals surface area contributed by atoms with Crippen molar-refractivity contribution in [2.75, 3.05) is 0 Å². The molecule has 4 saturated carbocycles. The van der Waals surface area contributed by atoms with Crippen LogP contribution in [0.1, 0.15) is 65.2 Å². The van der Waals surface area contributed by atoms with E-state index in [2.05, 4.69) is 13.8 Å². The number of fused-ring (bicyclic) bond motifs is 5. The van der Waals surface area contributed by atoms with Gasteiger partial charge in [0.15, 0.2) is 0 Å². The Morgan fingerprint density at radius 2 is 1.41 bits per heavy atom. The van der Waals surface area contributed by atoms with Crippen molar-refractivity contribution >= 4 is 0 Å². The van der Waals surface area contributed by atoms with Crippen molar-refractivity contribution in [3.05, 3.63) is 0 Å². The van der Waals surface area contributed by atoms with Crippen LogP contribution in [0.5, 0.6) is 0 Å². The molecule has 4 aliphatic carbocycles. The van der Waals surface area contributed by atoms with Crippen LogP contribution in [-0.2, 0) is 0 Å². The van der Waals surface area contributed by atoms with E-state index in [1.807, 2.05) is 0 Å². The molecule has 4 aliphatic rings. The number of hydrogen-bond acceptors (Lipinski definition) is 3. The van der Waals surface area contributed by atoms with E-state index in [-0.39, 0.29) is 35.1 Å². The molecular formula is C19H32O3. The standard InChI is InChI=1S/C19H32O3/c1-18-7-5-11(20)9-15(18)16(21)10-12-13-3-4-17(22)19(13,2)8-6-14(12)18/h11-17,20-22H,3-10H2,1-2H3. The minimum absolute atomic E-state index is 0.0816. The predicted molar refractivity (Wildman–Crippen MR) is 85.1 cm³/mol. The molecule has 9 atom stereocenters. The summed E-state index contributed by atoms with van der Waals surface area (Å²) in [7, 11) is 0. The molecule has 0 aromatic heterocycles. The van der Waals surface area contributed by atoms with Gasteiger partial charge in [0.1, 0.15) is 0 Å². The van der Waals surface area contributed by atoms with E-state index in [4.69, 9.17) is 0 Å². The maximum atomic E-state index is 10.8. The monoisotopic (exact) mass is 308 g/mol. The van der Waals surface area contributed by atoms with Crippen LogP contribution in [0.2, 0.25) is 0 Å². The Kier molecular flexibility index (Phi) is 3.46. The molecule has 4 rings (SSSR count). The zero-order chi connectivity index (χ0) is 15.7. The zero-order valence-electron chi connectivity index (χ0n) is 14.0. The lowest BCUT2D eigenvalue weighted by Crippen LogP contribution is -2.58. The van der Waals surface area contributed by atoms with E-state index >= 15 is 0 Å². The minimum Gasteiger partial charge on any atom is -0.393 e. The first kappa shape index (κ1) is 15.4. The van der Waals surface area contributed by atoms with E-state index in [9.17, 15) is 15.3 Å². The molecule has 0 heterocycles. The van der Waals surface area contributed by atoms with Crippen LogP contribution >= 0.6 is 0 Å². The van der Waals surface area contributed by atoms with Gasteiger partial charge in [-0.2, -0.15) is 0 Å². The van der Waals surface area contributed by atoms with Gasteiger partial charge in [0, 0.05) is 0 Å². The summed E-state index contributed by atoms with van der Waals surface area (Å²) in [6.07, 6.45) is 7.42. The largest absolute Gasteiger partial charge is 0.393 e. The van der Waals surface area contributed by atoms with Gasteiger partial charge in [-0.1, -0.05) is 13.8 Å². The highest BCUT2D eigenvalue weighted by Gasteiger charge is 2.61. The van der Waals surface area contributed by atoms with Crippen LogP contribution in [0.3, 0.4) is 0 Å². The van der Waals surface area contributed by atoms with Gasteiger partial charge < -0.3 is 15.3 Å². The van der Waals surface area contributed by atoms with Gasteiger partial charge in [0.25, 0.3) is 0 Å². The first-order chi connectivity index (χ1) is 10.4. The third-order valence-corrected chi connectivity index (χ3v) is 8.60. The lowest BCUT2D eigenvalue weighted by atomic mass is 9.44. The van der Waals surface area contributed by atoms with Crippen molar-refractivity contribution in [1.29, 1.82) is 0 Å². The Bertz CT molecular complexity index is 452. The Morgan fingerprint density at radius 1 is 0.727 bits per heavy atom. The Hall–Kier alpha value is -0.120. The number of hydrogen-bond donors (Lipinski definition) is 3. The van der Waals surface area contributed by atoms with Gasteiger partial charge >= 0.3 is 0 Å². The first-order valence-corrected chi connectivity index (χ1v) is 9.40. The highest BCUT2D eigenvalue weighted by atomic mass is 16.3. The second-order valence-corrected chi connectivity index (χ2v) is 9.36. The Labute approximate surface area is 134 Å². The van der Waals surface area contributed by atoms with Gasteiger partial charge in [0.05, 0.1) is 18.3 Å². The number of rotatable bonds is 0. The van der Waals surface area contributed by atoms with Crippen molar-refractivity contribution in [1.82, 2.24) is 0 Å². The van der Waals surface area contributed by atoms with Crippen molar-refractivity contribution in [2.45, 2.75) is 83.5 Å². The molecule has 0 radical (unpaired) electrons. The lowest BCUT2D eigenvalue weighted by molar-refractivity contribution is -0.174. The van der Waals surface area contributed by atoms with Gasteiger partial charge in [-0.3, -0.25) is 0 Å². The smallest absolute Gasteiger partial charge is 0.0596 e. The quantitative estimate of drug-likeness (QED) is 0.645. The van der Waals surface area contributed by atoms with Crippen LogP contribution in [-0.4, -0.2) is 33.6 Å². The highest BCUT2D eigenvalue weighted by Crippen LogP contribution is 2.66. The van der Waals surface area contributed by atoms with Crippen molar-refractivity contribution < 1.29 is 15.3 Å². The Balaban J connectivity index is 1.66. The van der Waals surface area contributed by atoms with Crippen LogP contribution < -0.4 is 0 Å². The van der Waals surface area contributed by atoms with E-state index in [0.29, 0.717) is 17.8 Å². The molecular weight excluding hydrogens is 276 g/mol. The highest BCUT2D eigenvalue weighted by molar-refractivity contribution is 5.11. The van der Waals surface area contributed by atoms with E-state index in [1.54, 1.807) is 0 Å². The molecule has 9 unspecified atom stereocenters. The first-order valence-electron chi connectivity index (χ1n) is 9.40. The third-order valence-electron chi connectivity index (χ3n) is 8.60. The fraction of sp³-hybridized carbons (Fsp3) is 1.00. The van der Waals surface area contributed by atoms with Crippen molar-refractivity contribution in [3.63, 3.8) is 0 Å². The van der Waals surface area contributed by atoms with Crippen LogP contribution in [0.4, 0.5) is 0 Å². The molecule has 0 saturated heterocycles. The van der Waals surface area contributed by atoms with E-state index < -0.39 is 0 Å². The minimum atomic E-state index is -0.263. The molecule has 0 spiro atoms. The molecule has 0 aliphatic heterocycles.